The molecular formula is C20H11ClN4O2. The van der Waals surface area contributed by atoms with Gasteiger partial charge in [0.05, 0.1) is 11.4 Å². The Morgan fingerprint density at radius 2 is 1.44 bits per heavy atom. The first kappa shape index (κ1) is 15.8. The Morgan fingerprint density at radius 3 is 2.07 bits per heavy atom. The van der Waals surface area contributed by atoms with Gasteiger partial charge in [0.1, 0.15) is 16.9 Å². The van der Waals surface area contributed by atoms with Crippen LogP contribution in [0.5, 0.6) is 0 Å². The van der Waals surface area contributed by atoms with Crippen LogP contribution in [-0.4, -0.2) is 31.3 Å². The molecule has 0 amide bonds. The molecule has 130 valence electrons. The molecular weight excluding hydrogens is 364 g/mol. The quantitative estimate of drug-likeness (QED) is 0.448. The zero-order chi connectivity index (χ0) is 18.7. The fourth-order valence-electron chi connectivity index (χ4n) is 3.27. The van der Waals surface area contributed by atoms with E-state index in [0.29, 0.717) is 33.0 Å². The van der Waals surface area contributed by atoms with Crippen molar-refractivity contribution in [1.29, 1.82) is 0 Å². The maximum absolute atomic E-state index is 12.9. The third-order valence-corrected chi connectivity index (χ3v) is 4.84. The Hall–Kier alpha value is -3.38. The van der Waals surface area contributed by atoms with Crippen molar-refractivity contribution in [2.24, 2.45) is 0 Å². The van der Waals surface area contributed by atoms with Crippen LogP contribution in [0, 0.1) is 6.92 Å². The average Bonchev–Trinajstić information content (AvgIpc) is 3.01. The summed E-state index contributed by atoms with van der Waals surface area (Å²) in [5.41, 5.74) is 3.10. The number of rotatable bonds is 1. The summed E-state index contributed by atoms with van der Waals surface area (Å²) < 4.78 is 1.60. The summed E-state index contributed by atoms with van der Waals surface area (Å²) in [6, 6.07) is 13.8. The number of carbonyl (C=O) groups excluding carboxylic acids is 2. The Labute approximate surface area is 158 Å². The molecule has 2 aromatic heterocycles. The summed E-state index contributed by atoms with van der Waals surface area (Å²) in [6.07, 6.45) is 0. The third-order valence-electron chi connectivity index (χ3n) is 4.59. The summed E-state index contributed by atoms with van der Waals surface area (Å²) in [5.74, 6) is -0.607. The number of halogens is 1. The Kier molecular flexibility index (Phi) is 3.26. The first-order valence-corrected chi connectivity index (χ1v) is 8.64. The van der Waals surface area contributed by atoms with Crippen LogP contribution in [0.15, 0.2) is 48.5 Å². The van der Waals surface area contributed by atoms with E-state index in [2.05, 4.69) is 15.1 Å². The molecule has 0 aliphatic heterocycles. The van der Waals surface area contributed by atoms with Gasteiger partial charge in [0.15, 0.2) is 5.65 Å². The van der Waals surface area contributed by atoms with Crippen molar-refractivity contribution < 1.29 is 9.59 Å². The minimum Gasteiger partial charge on any atom is -0.287 e. The minimum atomic E-state index is -0.309. The minimum absolute atomic E-state index is 0.0568. The average molecular weight is 375 g/mol. The topological polar surface area (TPSA) is 77.7 Å². The maximum Gasteiger partial charge on any atom is 0.214 e. The molecule has 2 heterocycles. The number of ketones is 2. The fraction of sp³-hybridized carbons (Fsp3) is 0.0500. The van der Waals surface area contributed by atoms with Crippen LogP contribution in [0.4, 0.5) is 0 Å². The zero-order valence-electron chi connectivity index (χ0n) is 14.1. The third kappa shape index (κ3) is 2.23. The van der Waals surface area contributed by atoms with E-state index < -0.39 is 0 Å². The van der Waals surface area contributed by atoms with Crippen LogP contribution in [-0.2, 0) is 0 Å². The highest BCUT2D eigenvalue weighted by Gasteiger charge is 2.33. The SMILES string of the molecule is Cc1nn(-c2ccc(Cl)cc2)c2nc3c(nc12)C(=O)c1ccccc1C3=O. The predicted octanol–water partition coefficient (Wildman–Crippen LogP) is 3.55. The van der Waals surface area contributed by atoms with Gasteiger partial charge in [-0.3, -0.25) is 9.59 Å². The molecule has 0 saturated heterocycles. The first-order valence-electron chi connectivity index (χ1n) is 8.26. The van der Waals surface area contributed by atoms with Gasteiger partial charge in [-0.1, -0.05) is 35.9 Å². The molecule has 4 aromatic rings. The van der Waals surface area contributed by atoms with Crippen LogP contribution >= 0.6 is 11.6 Å². The zero-order valence-corrected chi connectivity index (χ0v) is 14.9. The number of aryl methyl sites for hydroxylation is 1. The Morgan fingerprint density at radius 1 is 0.852 bits per heavy atom. The fourth-order valence-corrected chi connectivity index (χ4v) is 3.40. The van der Waals surface area contributed by atoms with Crippen LogP contribution in [0.2, 0.25) is 5.02 Å². The van der Waals surface area contributed by atoms with E-state index in [1.165, 1.54) is 0 Å². The lowest BCUT2D eigenvalue weighted by molar-refractivity contribution is 0.0972. The second kappa shape index (κ2) is 5.56. The van der Waals surface area contributed by atoms with Gasteiger partial charge in [-0.15, -0.1) is 0 Å². The molecule has 0 atom stereocenters. The number of carbonyl (C=O) groups is 2. The Bertz CT molecular complexity index is 1280. The highest BCUT2D eigenvalue weighted by Crippen LogP contribution is 2.28. The lowest BCUT2D eigenvalue weighted by Crippen LogP contribution is -2.24. The number of hydrogen-bond donors (Lipinski definition) is 0. The van der Waals surface area contributed by atoms with Crippen molar-refractivity contribution in [3.8, 4) is 5.69 Å². The van der Waals surface area contributed by atoms with Gasteiger partial charge in [0, 0.05) is 16.1 Å². The van der Waals surface area contributed by atoms with Crippen LogP contribution < -0.4 is 0 Å². The lowest BCUT2D eigenvalue weighted by Gasteiger charge is -2.15. The Balaban J connectivity index is 1.79. The molecule has 0 fully saturated rings. The van der Waals surface area contributed by atoms with Crippen molar-refractivity contribution >= 4 is 34.3 Å². The molecule has 27 heavy (non-hydrogen) atoms. The van der Waals surface area contributed by atoms with Crippen molar-refractivity contribution in [3.63, 3.8) is 0 Å². The summed E-state index contributed by atoms with van der Waals surface area (Å²) in [6.45, 7) is 1.79. The lowest BCUT2D eigenvalue weighted by atomic mass is 9.90. The molecule has 2 aromatic carbocycles. The first-order chi connectivity index (χ1) is 13.0. The molecule has 5 rings (SSSR count). The smallest absolute Gasteiger partial charge is 0.214 e. The molecule has 0 saturated carbocycles. The van der Waals surface area contributed by atoms with E-state index in [9.17, 15) is 9.59 Å². The predicted molar refractivity (Wildman–Crippen MR) is 99.7 cm³/mol. The van der Waals surface area contributed by atoms with Gasteiger partial charge < -0.3 is 0 Å². The van der Waals surface area contributed by atoms with Gasteiger partial charge in [-0.05, 0) is 31.2 Å². The van der Waals surface area contributed by atoms with E-state index in [1.54, 1.807) is 60.1 Å². The van der Waals surface area contributed by atoms with Gasteiger partial charge in [0.2, 0.25) is 11.6 Å². The molecule has 0 unspecified atom stereocenters. The van der Waals surface area contributed by atoms with E-state index >= 15 is 0 Å². The maximum atomic E-state index is 12.9. The monoisotopic (exact) mass is 374 g/mol. The summed E-state index contributed by atoms with van der Waals surface area (Å²) >= 11 is 5.96. The van der Waals surface area contributed by atoms with Gasteiger partial charge in [-0.2, -0.15) is 5.10 Å². The molecule has 6 nitrogen and oxygen atoms in total. The van der Waals surface area contributed by atoms with Crippen LogP contribution in [0.3, 0.4) is 0 Å². The summed E-state index contributed by atoms with van der Waals surface area (Å²) in [4.78, 5) is 34.7. The van der Waals surface area contributed by atoms with Crippen molar-refractivity contribution in [2.75, 3.05) is 0 Å². The van der Waals surface area contributed by atoms with E-state index in [0.717, 1.165) is 5.69 Å². The second-order valence-electron chi connectivity index (χ2n) is 6.27. The van der Waals surface area contributed by atoms with E-state index in [4.69, 9.17) is 11.6 Å². The summed E-state index contributed by atoms with van der Waals surface area (Å²) in [5, 5.41) is 5.09. The van der Waals surface area contributed by atoms with Gasteiger partial charge >= 0.3 is 0 Å². The van der Waals surface area contributed by atoms with Crippen molar-refractivity contribution in [1.82, 2.24) is 19.7 Å². The number of nitrogens with zero attached hydrogens (tertiary/aromatic N) is 4. The standard InChI is InChI=1S/C20H11ClN4O2/c1-10-15-20(25(24-10)12-8-6-11(21)7-9-12)23-17-16(22-15)18(26)13-4-2-3-5-14(13)19(17)27/h2-9H,1H3. The largest absolute Gasteiger partial charge is 0.287 e. The van der Waals surface area contributed by atoms with Crippen molar-refractivity contribution in [3.05, 3.63) is 81.8 Å². The van der Waals surface area contributed by atoms with E-state index in [-0.39, 0.29) is 23.0 Å². The molecule has 0 N–H and O–H groups in total. The molecule has 0 bridgehead atoms. The highest BCUT2D eigenvalue weighted by molar-refractivity contribution is 6.30. The van der Waals surface area contributed by atoms with Gasteiger partial charge in [-0.25, -0.2) is 14.6 Å². The second-order valence-corrected chi connectivity index (χ2v) is 6.71. The highest BCUT2D eigenvalue weighted by atomic mass is 35.5. The molecule has 1 aliphatic rings. The van der Waals surface area contributed by atoms with E-state index in [1.807, 2.05) is 0 Å². The summed E-state index contributed by atoms with van der Waals surface area (Å²) in [7, 11) is 0. The van der Waals surface area contributed by atoms with Crippen LogP contribution in [0.25, 0.3) is 16.9 Å². The number of fused-ring (bicyclic) bond motifs is 3. The molecule has 0 radical (unpaired) electrons. The number of benzene rings is 2. The van der Waals surface area contributed by atoms with Crippen molar-refractivity contribution in [2.45, 2.75) is 6.92 Å². The number of aromatic nitrogens is 4. The van der Waals surface area contributed by atoms with Crippen LogP contribution in [0.1, 0.15) is 37.8 Å². The normalized spacial score (nSPS) is 13.0. The van der Waals surface area contributed by atoms with Gasteiger partial charge in [0.25, 0.3) is 0 Å². The molecule has 0 spiro atoms. The molecule has 7 heteroatoms. The molecule has 1 aliphatic carbocycles. The number of hydrogen-bond acceptors (Lipinski definition) is 5.